The molecule has 1 fully saturated rings. The molecule has 0 atom stereocenters. The highest BCUT2D eigenvalue weighted by molar-refractivity contribution is 5.95. The lowest BCUT2D eigenvalue weighted by atomic mass is 10.0. The lowest BCUT2D eigenvalue weighted by Gasteiger charge is -2.34. The maximum atomic E-state index is 11.7. The van der Waals surface area contributed by atoms with Gasteiger partial charge in [0.25, 0.3) is 0 Å². The van der Waals surface area contributed by atoms with Gasteiger partial charge < -0.3 is 24.8 Å². The molecule has 8 nitrogen and oxygen atoms in total. The number of aromatic nitrogens is 3. The number of hydrogen-bond donors (Lipinski definition) is 2. The third-order valence-corrected chi connectivity index (χ3v) is 6.04. The first-order valence-electron chi connectivity index (χ1n) is 11.2. The number of hydrogen-bond acceptors (Lipinski definition) is 6. The third-order valence-electron chi connectivity index (χ3n) is 6.04. The molecular formula is C24H32N6O2. The number of piperazine rings is 1. The Morgan fingerprint density at radius 2 is 1.81 bits per heavy atom. The van der Waals surface area contributed by atoms with E-state index in [2.05, 4.69) is 36.2 Å². The molecule has 2 aromatic heterocycles. The van der Waals surface area contributed by atoms with E-state index in [1.54, 1.807) is 6.92 Å². The number of nitrogens with one attached hydrogen (secondary N) is 1. The zero-order valence-electron chi connectivity index (χ0n) is 19.5. The second kappa shape index (κ2) is 8.68. The van der Waals surface area contributed by atoms with E-state index < -0.39 is 0 Å². The average Bonchev–Trinajstić information content (AvgIpc) is 3.11. The molecule has 170 valence electrons. The van der Waals surface area contributed by atoms with Crippen LogP contribution in [0.15, 0.2) is 30.5 Å². The maximum Gasteiger partial charge on any atom is 0.228 e. The summed E-state index contributed by atoms with van der Waals surface area (Å²) in [5.41, 5.74) is 2.71. The van der Waals surface area contributed by atoms with Gasteiger partial charge in [0.2, 0.25) is 17.7 Å². The van der Waals surface area contributed by atoms with Crippen molar-refractivity contribution in [3.05, 3.63) is 36.0 Å². The van der Waals surface area contributed by atoms with Crippen LogP contribution in [0.2, 0.25) is 0 Å². The number of benzene rings is 1. The zero-order valence-corrected chi connectivity index (χ0v) is 19.5. The van der Waals surface area contributed by atoms with Crippen molar-refractivity contribution >= 4 is 34.3 Å². The molecule has 0 radical (unpaired) electrons. The van der Waals surface area contributed by atoms with Crippen LogP contribution in [0.25, 0.3) is 10.9 Å². The van der Waals surface area contributed by atoms with Crippen LogP contribution in [-0.4, -0.2) is 56.6 Å². The van der Waals surface area contributed by atoms with Crippen LogP contribution >= 0.6 is 0 Å². The Balaban J connectivity index is 1.75. The molecule has 0 unspecified atom stereocenters. The van der Waals surface area contributed by atoms with Gasteiger partial charge in [-0.3, -0.25) is 4.79 Å². The van der Waals surface area contributed by atoms with Crippen LogP contribution in [0, 0.1) is 0 Å². The molecule has 1 aliphatic heterocycles. The first-order chi connectivity index (χ1) is 15.2. The van der Waals surface area contributed by atoms with Crippen molar-refractivity contribution in [2.45, 2.75) is 46.6 Å². The molecule has 1 aliphatic rings. The van der Waals surface area contributed by atoms with Gasteiger partial charge in [0.05, 0.1) is 5.39 Å². The highest BCUT2D eigenvalue weighted by Gasteiger charge is 2.24. The van der Waals surface area contributed by atoms with E-state index in [1.807, 2.05) is 41.6 Å². The Morgan fingerprint density at radius 1 is 1.09 bits per heavy atom. The minimum absolute atomic E-state index is 0.0834. The molecule has 4 rings (SSSR count). The number of rotatable bonds is 5. The fourth-order valence-corrected chi connectivity index (χ4v) is 4.04. The largest absolute Gasteiger partial charge is 0.493 e. The lowest BCUT2D eigenvalue weighted by Crippen LogP contribution is -2.48. The Hall–Kier alpha value is -3.29. The molecule has 2 N–H and O–H groups in total. The number of nitrogens with zero attached hydrogens (tertiary/aromatic N) is 5. The normalized spacial score (nSPS) is 14.6. The highest BCUT2D eigenvalue weighted by atomic mass is 16.3. The molecule has 3 heterocycles. The van der Waals surface area contributed by atoms with E-state index in [-0.39, 0.29) is 17.8 Å². The van der Waals surface area contributed by atoms with Crippen molar-refractivity contribution < 1.29 is 9.90 Å². The molecule has 0 aliphatic carbocycles. The summed E-state index contributed by atoms with van der Waals surface area (Å²) in [5.74, 6) is 1.86. The monoisotopic (exact) mass is 436 g/mol. The number of amides is 1. The topological polar surface area (TPSA) is 86.5 Å². The van der Waals surface area contributed by atoms with E-state index in [0.717, 1.165) is 11.1 Å². The molecule has 32 heavy (non-hydrogen) atoms. The second-order valence-corrected chi connectivity index (χ2v) is 8.99. The van der Waals surface area contributed by atoms with Gasteiger partial charge in [-0.1, -0.05) is 26.0 Å². The van der Waals surface area contributed by atoms with Crippen LogP contribution < -0.4 is 10.2 Å². The van der Waals surface area contributed by atoms with Crippen molar-refractivity contribution in [1.29, 1.82) is 0 Å². The van der Waals surface area contributed by atoms with Crippen molar-refractivity contribution in [3.63, 3.8) is 0 Å². The molecule has 0 spiro atoms. The van der Waals surface area contributed by atoms with Crippen molar-refractivity contribution in [2.75, 3.05) is 36.4 Å². The summed E-state index contributed by atoms with van der Waals surface area (Å²) in [5, 5.41) is 15.1. The van der Waals surface area contributed by atoms with Crippen molar-refractivity contribution in [1.82, 2.24) is 19.4 Å². The summed E-state index contributed by atoms with van der Waals surface area (Å²) < 4.78 is 1.81. The van der Waals surface area contributed by atoms with Gasteiger partial charge in [0, 0.05) is 51.0 Å². The standard InChI is InChI=1S/C24H32N6O2/c1-15(2)18-7-6-8-19(13-18)25-22-20-14-30(16(3)4)23(32)21(20)26-24(27-22)29-11-9-28(10-12-29)17(5)31/h6-8,13-16,32H,9-12H2,1-5H3,(H,25,26,27). The van der Waals surface area contributed by atoms with E-state index >= 15 is 0 Å². The summed E-state index contributed by atoms with van der Waals surface area (Å²) >= 11 is 0. The molecule has 1 saturated heterocycles. The molecule has 0 bridgehead atoms. The van der Waals surface area contributed by atoms with E-state index in [4.69, 9.17) is 9.97 Å². The smallest absolute Gasteiger partial charge is 0.228 e. The van der Waals surface area contributed by atoms with E-state index in [9.17, 15) is 9.90 Å². The lowest BCUT2D eigenvalue weighted by molar-refractivity contribution is -0.129. The van der Waals surface area contributed by atoms with Gasteiger partial charge in [-0.25, -0.2) is 4.98 Å². The maximum absolute atomic E-state index is 11.7. The number of carbonyl (C=O) groups is 1. The van der Waals surface area contributed by atoms with Gasteiger partial charge in [-0.15, -0.1) is 0 Å². The average molecular weight is 437 g/mol. The minimum atomic E-state index is 0.0834. The highest BCUT2D eigenvalue weighted by Crippen LogP contribution is 2.35. The van der Waals surface area contributed by atoms with Gasteiger partial charge >= 0.3 is 0 Å². The van der Waals surface area contributed by atoms with Crippen LogP contribution in [0.1, 0.15) is 52.1 Å². The summed E-state index contributed by atoms with van der Waals surface area (Å²) in [6.07, 6.45) is 1.90. The SMILES string of the molecule is CC(=O)N1CCN(c2nc(Nc3cccc(C(C)C)c3)c3cn(C(C)C)c(O)c3n2)CC1. The fraction of sp³-hybridized carbons (Fsp3) is 0.458. The van der Waals surface area contributed by atoms with Crippen molar-refractivity contribution in [3.8, 4) is 5.88 Å². The van der Waals surface area contributed by atoms with Gasteiger partial charge in [-0.05, 0) is 37.5 Å². The molecule has 1 amide bonds. The summed E-state index contributed by atoms with van der Waals surface area (Å²) in [6.45, 7) is 12.5. The summed E-state index contributed by atoms with van der Waals surface area (Å²) in [7, 11) is 0. The number of fused-ring (bicyclic) bond motifs is 1. The Kier molecular flexibility index (Phi) is 5.95. The number of carbonyl (C=O) groups excluding carboxylic acids is 1. The van der Waals surface area contributed by atoms with Crippen LogP contribution in [-0.2, 0) is 4.79 Å². The number of aromatic hydroxyl groups is 1. The van der Waals surface area contributed by atoms with Crippen LogP contribution in [0.5, 0.6) is 5.88 Å². The minimum Gasteiger partial charge on any atom is -0.493 e. The van der Waals surface area contributed by atoms with Crippen LogP contribution in [0.4, 0.5) is 17.5 Å². The van der Waals surface area contributed by atoms with E-state index in [1.165, 1.54) is 5.56 Å². The summed E-state index contributed by atoms with van der Waals surface area (Å²) in [6, 6.07) is 8.39. The Morgan fingerprint density at radius 3 is 2.44 bits per heavy atom. The predicted molar refractivity (Wildman–Crippen MR) is 128 cm³/mol. The predicted octanol–water partition coefficient (Wildman–Crippen LogP) is 4.25. The van der Waals surface area contributed by atoms with Gasteiger partial charge in [-0.2, -0.15) is 4.98 Å². The second-order valence-electron chi connectivity index (χ2n) is 8.99. The molecule has 8 heteroatoms. The van der Waals surface area contributed by atoms with Crippen LogP contribution in [0.3, 0.4) is 0 Å². The Bertz CT molecular complexity index is 1130. The van der Waals surface area contributed by atoms with Crippen molar-refractivity contribution in [2.24, 2.45) is 0 Å². The molecule has 0 saturated carbocycles. The van der Waals surface area contributed by atoms with Gasteiger partial charge in [0.1, 0.15) is 11.3 Å². The Labute approximate surface area is 188 Å². The number of anilines is 3. The molecule has 1 aromatic carbocycles. The third kappa shape index (κ3) is 4.22. The zero-order chi connectivity index (χ0) is 23.0. The first kappa shape index (κ1) is 21.9. The quantitative estimate of drug-likeness (QED) is 0.622. The molecule has 3 aromatic rings. The first-order valence-corrected chi connectivity index (χ1v) is 11.2. The van der Waals surface area contributed by atoms with E-state index in [0.29, 0.717) is 49.4 Å². The fourth-order valence-electron chi connectivity index (χ4n) is 4.04. The van der Waals surface area contributed by atoms with Gasteiger partial charge in [0.15, 0.2) is 0 Å². The summed E-state index contributed by atoms with van der Waals surface area (Å²) in [4.78, 5) is 25.2. The molecular weight excluding hydrogens is 404 g/mol.